The molecule has 2 aliphatic rings. The van der Waals surface area contributed by atoms with Gasteiger partial charge in [-0.1, -0.05) is 6.42 Å². The Hall–Kier alpha value is -0.120. The Morgan fingerprint density at radius 1 is 1.16 bits per heavy atom. The highest BCUT2D eigenvalue weighted by Gasteiger charge is 2.23. The molecule has 0 aromatic carbocycles. The van der Waals surface area contributed by atoms with Gasteiger partial charge in [-0.25, -0.2) is 0 Å². The molecule has 112 valence electrons. The number of hydrogen-bond donors (Lipinski definition) is 1. The average molecular weight is 267 g/mol. The first-order chi connectivity index (χ1) is 9.16. The van der Waals surface area contributed by atoms with Crippen LogP contribution in [0.3, 0.4) is 0 Å². The minimum absolute atomic E-state index is 0.709. The normalized spacial score (nSPS) is 30.3. The van der Waals surface area contributed by atoms with Crippen molar-refractivity contribution in [2.24, 2.45) is 0 Å². The SMILES string of the molecule is CC(C)N1CCC(NCCCN2CCCCC2C)C1. The van der Waals surface area contributed by atoms with Crippen molar-refractivity contribution in [1.82, 2.24) is 15.1 Å². The summed E-state index contributed by atoms with van der Waals surface area (Å²) in [7, 11) is 0. The maximum absolute atomic E-state index is 3.75. The van der Waals surface area contributed by atoms with Crippen molar-refractivity contribution in [3.63, 3.8) is 0 Å². The fourth-order valence-corrected chi connectivity index (χ4v) is 3.50. The highest BCUT2D eigenvalue weighted by atomic mass is 15.2. The van der Waals surface area contributed by atoms with E-state index in [9.17, 15) is 0 Å². The third kappa shape index (κ3) is 4.73. The van der Waals surface area contributed by atoms with Crippen LogP contribution in [0.25, 0.3) is 0 Å². The molecule has 2 saturated heterocycles. The van der Waals surface area contributed by atoms with Gasteiger partial charge >= 0.3 is 0 Å². The van der Waals surface area contributed by atoms with Gasteiger partial charge in [0.1, 0.15) is 0 Å². The molecular weight excluding hydrogens is 234 g/mol. The lowest BCUT2D eigenvalue weighted by Gasteiger charge is -2.33. The molecule has 2 unspecified atom stereocenters. The first-order valence-electron chi connectivity index (χ1n) is 8.38. The Balaban J connectivity index is 1.55. The lowest BCUT2D eigenvalue weighted by molar-refractivity contribution is 0.158. The molecule has 2 fully saturated rings. The minimum Gasteiger partial charge on any atom is -0.313 e. The summed E-state index contributed by atoms with van der Waals surface area (Å²) in [5.41, 5.74) is 0. The molecule has 0 aromatic heterocycles. The largest absolute Gasteiger partial charge is 0.313 e. The molecule has 2 aliphatic heterocycles. The first-order valence-corrected chi connectivity index (χ1v) is 8.38. The van der Waals surface area contributed by atoms with Gasteiger partial charge in [0, 0.05) is 24.7 Å². The predicted molar refractivity (Wildman–Crippen MR) is 82.6 cm³/mol. The summed E-state index contributed by atoms with van der Waals surface area (Å²) in [5.74, 6) is 0. The van der Waals surface area contributed by atoms with E-state index in [0.717, 1.165) is 12.1 Å². The molecule has 0 spiro atoms. The van der Waals surface area contributed by atoms with Crippen molar-refractivity contribution >= 4 is 0 Å². The molecule has 1 N–H and O–H groups in total. The van der Waals surface area contributed by atoms with Gasteiger partial charge in [-0.15, -0.1) is 0 Å². The van der Waals surface area contributed by atoms with E-state index in [-0.39, 0.29) is 0 Å². The molecule has 3 nitrogen and oxygen atoms in total. The van der Waals surface area contributed by atoms with Gasteiger partial charge < -0.3 is 10.2 Å². The van der Waals surface area contributed by atoms with Crippen LogP contribution in [0, 0.1) is 0 Å². The Bertz CT molecular complexity index is 254. The maximum Gasteiger partial charge on any atom is 0.0207 e. The van der Waals surface area contributed by atoms with Crippen LogP contribution in [0.4, 0.5) is 0 Å². The van der Waals surface area contributed by atoms with Crippen molar-refractivity contribution in [3.05, 3.63) is 0 Å². The van der Waals surface area contributed by atoms with Crippen LogP contribution in [0.1, 0.15) is 52.9 Å². The van der Waals surface area contributed by atoms with Crippen LogP contribution >= 0.6 is 0 Å². The van der Waals surface area contributed by atoms with E-state index in [4.69, 9.17) is 0 Å². The van der Waals surface area contributed by atoms with Crippen molar-refractivity contribution in [2.75, 3.05) is 32.7 Å². The van der Waals surface area contributed by atoms with Crippen molar-refractivity contribution in [1.29, 1.82) is 0 Å². The highest BCUT2D eigenvalue weighted by Crippen LogP contribution is 2.16. The van der Waals surface area contributed by atoms with Crippen molar-refractivity contribution in [3.8, 4) is 0 Å². The van der Waals surface area contributed by atoms with Crippen LogP contribution in [-0.4, -0.2) is 60.6 Å². The van der Waals surface area contributed by atoms with Gasteiger partial charge in [0.15, 0.2) is 0 Å². The van der Waals surface area contributed by atoms with Crippen LogP contribution in [0.5, 0.6) is 0 Å². The molecule has 0 saturated carbocycles. The molecular formula is C16H33N3. The topological polar surface area (TPSA) is 18.5 Å². The van der Waals surface area contributed by atoms with Gasteiger partial charge in [-0.3, -0.25) is 4.90 Å². The number of nitrogens with zero attached hydrogens (tertiary/aromatic N) is 2. The molecule has 0 aromatic rings. The van der Waals surface area contributed by atoms with E-state index in [1.165, 1.54) is 64.8 Å². The quantitative estimate of drug-likeness (QED) is 0.745. The molecule has 0 amide bonds. The van der Waals surface area contributed by atoms with Crippen LogP contribution in [0.2, 0.25) is 0 Å². The Kier molecular flexibility index (Phi) is 6.11. The van der Waals surface area contributed by atoms with Crippen molar-refractivity contribution < 1.29 is 0 Å². The van der Waals surface area contributed by atoms with Gasteiger partial charge in [0.25, 0.3) is 0 Å². The average Bonchev–Trinajstić information content (AvgIpc) is 2.85. The van der Waals surface area contributed by atoms with Crippen LogP contribution < -0.4 is 5.32 Å². The van der Waals surface area contributed by atoms with E-state index >= 15 is 0 Å². The minimum atomic E-state index is 0.709. The van der Waals surface area contributed by atoms with E-state index in [0.29, 0.717) is 6.04 Å². The zero-order valence-electron chi connectivity index (χ0n) is 13.2. The second kappa shape index (κ2) is 7.61. The predicted octanol–water partition coefficient (Wildman–Crippen LogP) is 2.32. The van der Waals surface area contributed by atoms with E-state index < -0.39 is 0 Å². The smallest absolute Gasteiger partial charge is 0.0207 e. The Labute approximate surface area is 119 Å². The second-order valence-electron chi connectivity index (χ2n) is 6.76. The zero-order valence-corrected chi connectivity index (χ0v) is 13.2. The van der Waals surface area contributed by atoms with Crippen LogP contribution in [0.15, 0.2) is 0 Å². The summed E-state index contributed by atoms with van der Waals surface area (Å²) in [6.07, 6.45) is 6.88. The molecule has 2 atom stereocenters. The Morgan fingerprint density at radius 3 is 2.68 bits per heavy atom. The molecule has 19 heavy (non-hydrogen) atoms. The lowest BCUT2D eigenvalue weighted by atomic mass is 10.0. The number of nitrogens with one attached hydrogen (secondary N) is 1. The zero-order chi connectivity index (χ0) is 13.7. The van der Waals surface area contributed by atoms with E-state index in [2.05, 4.69) is 35.9 Å². The molecule has 2 rings (SSSR count). The summed E-state index contributed by atoms with van der Waals surface area (Å²) in [6.45, 7) is 13.3. The van der Waals surface area contributed by atoms with Gasteiger partial charge in [0.05, 0.1) is 0 Å². The third-order valence-electron chi connectivity index (χ3n) is 4.95. The number of likely N-dealkylation sites (tertiary alicyclic amines) is 2. The standard InChI is InChI=1S/C16H33N3/c1-14(2)19-12-8-16(13-19)17-9-6-11-18-10-5-4-7-15(18)3/h14-17H,4-13H2,1-3H3. The van der Waals surface area contributed by atoms with Crippen LogP contribution in [-0.2, 0) is 0 Å². The molecule has 3 heteroatoms. The maximum atomic E-state index is 3.75. The molecule has 0 bridgehead atoms. The number of rotatable bonds is 6. The Morgan fingerprint density at radius 2 is 2.00 bits per heavy atom. The first kappa shape index (κ1) is 15.3. The molecule has 0 aliphatic carbocycles. The molecule has 0 radical (unpaired) electrons. The molecule has 2 heterocycles. The lowest BCUT2D eigenvalue weighted by Crippen LogP contribution is -2.40. The monoisotopic (exact) mass is 267 g/mol. The highest BCUT2D eigenvalue weighted by molar-refractivity contribution is 4.82. The summed E-state index contributed by atoms with van der Waals surface area (Å²) >= 11 is 0. The summed E-state index contributed by atoms with van der Waals surface area (Å²) in [6, 6.07) is 2.26. The summed E-state index contributed by atoms with van der Waals surface area (Å²) < 4.78 is 0. The summed E-state index contributed by atoms with van der Waals surface area (Å²) in [4.78, 5) is 5.27. The van der Waals surface area contributed by atoms with Crippen molar-refractivity contribution in [2.45, 2.75) is 71.0 Å². The van der Waals surface area contributed by atoms with E-state index in [1.807, 2.05) is 0 Å². The second-order valence-corrected chi connectivity index (χ2v) is 6.76. The third-order valence-corrected chi connectivity index (χ3v) is 4.95. The van der Waals surface area contributed by atoms with Gasteiger partial charge in [0.2, 0.25) is 0 Å². The fraction of sp³-hybridized carbons (Fsp3) is 1.00. The number of piperidine rings is 1. The van der Waals surface area contributed by atoms with E-state index in [1.54, 1.807) is 0 Å². The number of hydrogen-bond acceptors (Lipinski definition) is 3. The fourth-order valence-electron chi connectivity index (χ4n) is 3.50. The van der Waals surface area contributed by atoms with Gasteiger partial charge in [-0.2, -0.15) is 0 Å². The summed E-state index contributed by atoms with van der Waals surface area (Å²) in [5, 5.41) is 3.75. The van der Waals surface area contributed by atoms with Gasteiger partial charge in [-0.05, 0) is 72.6 Å².